The van der Waals surface area contributed by atoms with Crippen LogP contribution in [0.1, 0.15) is 52.0 Å². The number of phosphoric acid groups is 2. The van der Waals surface area contributed by atoms with Gasteiger partial charge in [-0.3, -0.25) is 37.7 Å². The molecule has 1 aliphatic carbocycles. The van der Waals surface area contributed by atoms with Crippen molar-refractivity contribution in [3.05, 3.63) is 66.2 Å². The van der Waals surface area contributed by atoms with E-state index in [0.717, 1.165) is 48.9 Å². The summed E-state index contributed by atoms with van der Waals surface area (Å²) in [4.78, 5) is 99.1. The van der Waals surface area contributed by atoms with E-state index in [2.05, 4.69) is 23.9 Å². The van der Waals surface area contributed by atoms with Crippen LogP contribution in [-0.2, 0) is 112 Å². The Morgan fingerprint density at radius 3 is 1.28 bits per heavy atom. The van der Waals surface area contributed by atoms with Crippen LogP contribution in [0.2, 0.25) is 0 Å². The molecule has 4 fully saturated rings. The highest BCUT2D eigenvalue weighted by Crippen LogP contribution is 2.60. The van der Waals surface area contributed by atoms with E-state index >= 15 is 4.39 Å². The quantitative estimate of drug-likeness (QED) is 0.0253. The van der Waals surface area contributed by atoms with Gasteiger partial charge in [0.05, 0.1) is 39.6 Å². The predicted octanol–water partition coefficient (Wildman–Crippen LogP) is 1.45. The van der Waals surface area contributed by atoms with Crippen LogP contribution in [0.5, 0.6) is 0 Å². The number of nitrogens with one attached hydrogen (secondary N) is 2. The van der Waals surface area contributed by atoms with Crippen LogP contribution >= 0.6 is 15.6 Å². The Labute approximate surface area is 502 Å². The van der Waals surface area contributed by atoms with Crippen molar-refractivity contribution < 1.29 is 150 Å². The van der Waals surface area contributed by atoms with Gasteiger partial charge in [0, 0.05) is 65.8 Å². The minimum atomic E-state index is -4.95. The second kappa shape index (κ2) is 34.0. The predicted molar refractivity (Wildman–Crippen MR) is 281 cm³/mol. The summed E-state index contributed by atoms with van der Waals surface area (Å²) >= 11 is 0. The molecule has 0 aromatic carbocycles. The molecule has 0 radical (unpaired) electrons. The van der Waals surface area contributed by atoms with Crippen molar-refractivity contribution in [1.82, 2.24) is 19.1 Å². The van der Waals surface area contributed by atoms with Crippen LogP contribution in [0.4, 0.5) is 28.0 Å². The summed E-state index contributed by atoms with van der Waals surface area (Å²) < 4.78 is 169. The molecule has 1 saturated carbocycles. The van der Waals surface area contributed by atoms with Gasteiger partial charge in [-0.1, -0.05) is 0 Å². The summed E-state index contributed by atoms with van der Waals surface area (Å²) in [6, 6.07) is 1.99. The molecule has 3 saturated heterocycles. The van der Waals surface area contributed by atoms with Crippen molar-refractivity contribution in [2.24, 2.45) is 0 Å². The minimum Gasteiger partial charge on any atom is -0.432 e. The van der Waals surface area contributed by atoms with Gasteiger partial charge in [-0.25, -0.2) is 64.8 Å². The zero-order valence-corrected chi connectivity index (χ0v) is 50.6. The number of phosphoric ester groups is 2. The Morgan fingerprint density at radius 1 is 0.562 bits per heavy atom. The molecule has 2 aromatic heterocycles. The average Bonchev–Trinajstić information content (AvgIpc) is 1.54. The maximum Gasteiger partial charge on any atom is 0.510 e. The third-order valence-corrected chi connectivity index (χ3v) is 15.6. The Kier molecular flexibility index (Phi) is 28.2. The lowest BCUT2D eigenvalue weighted by molar-refractivity contribution is -0.253. The van der Waals surface area contributed by atoms with Crippen molar-refractivity contribution in [3.8, 4) is 0 Å². The van der Waals surface area contributed by atoms with Gasteiger partial charge in [-0.2, -0.15) is 0 Å². The zero-order chi connectivity index (χ0) is 65.5. The highest BCUT2D eigenvalue weighted by Gasteiger charge is 2.73. The topological polar surface area (TPSA) is 456 Å². The molecule has 1 spiro atoms. The molecule has 506 valence electrons. The SMILES string of the molecule is COCCOC(=O)OCOP(=O)(OCOC(=O)OCCOC)OC[C@@]1(CF)O[C@@H](n2ccc(=O)[nH]c2=O)[C@](C)(O)[C@@H]1O.COCCOC(=O)OCOP(=O)(OCOC(=O)OCCOC)OC[C@@]1(CF)O[C@@H](n2ccc(=O)[nH]c2=O)[C@]2(C)OC3(CCCC3)O[C@H]12. The number of aromatic amines is 2. The van der Waals surface area contributed by atoms with E-state index in [1.807, 2.05) is 4.98 Å². The maximum atomic E-state index is 15.2. The Bertz CT molecular complexity index is 2900. The van der Waals surface area contributed by atoms with E-state index in [1.54, 1.807) is 6.92 Å². The average molecular weight is 1340 g/mol. The van der Waals surface area contributed by atoms with Crippen molar-refractivity contribution in [2.45, 2.75) is 92.4 Å². The lowest BCUT2D eigenvalue weighted by atomic mass is 9.88. The smallest absolute Gasteiger partial charge is 0.432 e. The van der Waals surface area contributed by atoms with Crippen molar-refractivity contribution in [3.63, 3.8) is 0 Å². The summed E-state index contributed by atoms with van der Waals surface area (Å²) in [5, 5.41) is 21.7. The Hall–Kier alpha value is -5.88. The van der Waals surface area contributed by atoms with E-state index < -0.39 is 169 Å². The van der Waals surface area contributed by atoms with Crippen LogP contribution in [0.15, 0.2) is 43.7 Å². The van der Waals surface area contributed by atoms with E-state index in [-0.39, 0.29) is 52.9 Å². The Morgan fingerprint density at radius 2 is 0.921 bits per heavy atom. The summed E-state index contributed by atoms with van der Waals surface area (Å²) in [6.07, 6.45) is -6.93. The fourth-order valence-corrected chi connectivity index (χ4v) is 10.7. The van der Waals surface area contributed by atoms with E-state index in [0.29, 0.717) is 17.4 Å². The number of carbonyl (C=O) groups excluding carboxylic acids is 4. The van der Waals surface area contributed by atoms with Crippen molar-refractivity contribution in [2.75, 3.05) is 135 Å². The summed E-state index contributed by atoms with van der Waals surface area (Å²) in [5.41, 5.74) is -11.8. The number of fused-ring (bicyclic) bond motifs is 1. The first-order chi connectivity index (χ1) is 42.3. The molecule has 89 heavy (non-hydrogen) atoms. The second-order valence-electron chi connectivity index (χ2n) is 19.3. The van der Waals surface area contributed by atoms with Crippen molar-refractivity contribution in [1.29, 1.82) is 0 Å². The molecule has 3 aliphatic heterocycles. The monoisotopic (exact) mass is 1330 g/mol. The fraction of sp³-hybridized carbons (Fsp3) is 0.745. The highest BCUT2D eigenvalue weighted by atomic mass is 31.2. The lowest BCUT2D eigenvalue weighted by Gasteiger charge is -2.34. The molecule has 0 bridgehead atoms. The molecular weight excluding hydrogens is 1260 g/mol. The summed E-state index contributed by atoms with van der Waals surface area (Å²) in [5.74, 6) is -1.13. The van der Waals surface area contributed by atoms with Crippen LogP contribution in [0.25, 0.3) is 0 Å². The van der Waals surface area contributed by atoms with Gasteiger partial charge in [0.1, 0.15) is 63.2 Å². The minimum absolute atomic E-state index is 0.0437. The number of hydrogen-bond donors (Lipinski definition) is 4. The molecule has 42 heteroatoms. The van der Waals surface area contributed by atoms with Gasteiger partial charge in [0.15, 0.2) is 29.4 Å². The van der Waals surface area contributed by atoms with Gasteiger partial charge in [0.2, 0.25) is 27.2 Å². The number of rotatable bonds is 34. The largest absolute Gasteiger partial charge is 0.510 e. The first kappa shape index (κ1) is 73.9. The molecule has 6 rings (SSSR count). The molecule has 2 aromatic rings. The number of alkyl halides is 2. The molecule has 0 amide bonds. The number of carbonyl (C=O) groups is 4. The molecule has 0 unspecified atom stereocenters. The molecule has 4 N–H and O–H groups in total. The van der Waals surface area contributed by atoms with Crippen LogP contribution in [-0.4, -0.2) is 229 Å². The first-order valence-corrected chi connectivity index (χ1v) is 29.3. The van der Waals surface area contributed by atoms with Gasteiger partial charge < -0.3 is 86.0 Å². The van der Waals surface area contributed by atoms with E-state index in [1.165, 1.54) is 28.4 Å². The maximum absolute atomic E-state index is 15.2. The van der Waals surface area contributed by atoms with Crippen LogP contribution in [0.3, 0.4) is 0 Å². The van der Waals surface area contributed by atoms with Gasteiger partial charge in [-0.05, 0) is 26.7 Å². The normalized spacial score (nSPS) is 25.1. The second-order valence-corrected chi connectivity index (χ2v) is 22.6. The number of aliphatic hydroxyl groups excluding tert-OH is 1. The number of halogens is 2. The number of nitrogens with zero attached hydrogens (tertiary/aromatic N) is 2. The Balaban J connectivity index is 0.000000326. The van der Waals surface area contributed by atoms with Crippen LogP contribution < -0.4 is 22.5 Å². The number of H-pyrrole nitrogens is 2. The number of aromatic nitrogens is 4. The molecule has 8 atom stereocenters. The molecule has 38 nitrogen and oxygen atoms in total. The van der Waals surface area contributed by atoms with Gasteiger partial charge in [0.25, 0.3) is 11.1 Å². The lowest BCUT2D eigenvalue weighted by Crippen LogP contribution is -2.53. The van der Waals surface area contributed by atoms with Gasteiger partial charge in [-0.15, -0.1) is 0 Å². The number of aliphatic hydroxyl groups is 2. The van der Waals surface area contributed by atoms with E-state index in [9.17, 15) is 62.1 Å². The first-order valence-electron chi connectivity index (χ1n) is 26.4. The molecular formula is C47H70F2N4O34P2. The third-order valence-electron chi connectivity index (χ3n) is 13.0. The third kappa shape index (κ3) is 20.1. The number of hydrogen-bond acceptors (Lipinski definition) is 34. The fourth-order valence-electron chi connectivity index (χ4n) is 8.79. The van der Waals surface area contributed by atoms with Gasteiger partial charge >= 0.3 is 51.6 Å². The molecule has 4 aliphatic rings. The number of methoxy groups -OCH3 is 4. The molecule has 5 heterocycles. The standard InChI is InChI=1S/C26H38FN2O17P.C21H32FN2O17P/c1-24-19(44-26(46-24)7-4-5-8-26)25(14-27,45-20(24)29-9-6-18(30)28-21(29)31)15-41-47(34,42-16-39-22(32)37-12-10-35-2)43-17-40-23(33)38-13-11-36-3;1-20(30)15(26)21(10-22,41-16(20)24-5-4-14(25)23-17(24)27)11-38-42(31,39-12-36-18(28)34-8-6-32-2)40-13-37-19(29)35-9-7-33-3/h6,9,19-20H,4-5,7-8,10-17H2,1-3H3,(H,28,30,31);4-5,15-16,26,30H,6-13H2,1-3H3,(H,23,25,27)/t19-,20+,24+,25+;15-,16+,20+,21+/m00/s1. The summed E-state index contributed by atoms with van der Waals surface area (Å²) in [7, 11) is -4.35. The van der Waals surface area contributed by atoms with Crippen molar-refractivity contribution >= 4 is 40.3 Å². The summed E-state index contributed by atoms with van der Waals surface area (Å²) in [6.45, 7) is -7.13. The highest BCUT2D eigenvalue weighted by molar-refractivity contribution is 7.48. The zero-order valence-electron chi connectivity index (χ0n) is 48.8. The number of ether oxygens (including phenoxy) is 16. The van der Waals surface area contributed by atoms with E-state index in [4.69, 9.17) is 84.0 Å². The van der Waals surface area contributed by atoms with Crippen LogP contribution in [0, 0.1) is 0 Å².